The molecule has 2 rings (SSSR count). The summed E-state index contributed by atoms with van der Waals surface area (Å²) in [7, 11) is -3.86. The van der Waals surface area contributed by atoms with E-state index in [9.17, 15) is 36.5 Å². The Morgan fingerprint density at radius 3 is 2.33 bits per heavy atom. The first-order valence-corrected chi connectivity index (χ1v) is 9.01. The minimum atomic E-state index is -4.68. The average molecular weight is 403 g/mol. The molecular weight excluding hydrogens is 391 g/mol. The molecule has 12 heteroatoms. The fourth-order valence-electron chi connectivity index (χ4n) is 2.07. The molecule has 0 aromatic heterocycles. The fourth-order valence-corrected chi connectivity index (χ4v) is 2.75. The predicted molar refractivity (Wildman–Crippen MR) is 88.7 cm³/mol. The van der Waals surface area contributed by atoms with Gasteiger partial charge in [0.1, 0.15) is 0 Å². The number of carbonyl (C=O) groups is 1. The molecule has 0 spiro atoms. The Kier molecular flexibility index (Phi) is 5.40. The third-order valence-electron chi connectivity index (χ3n) is 3.34. The van der Waals surface area contributed by atoms with Crippen LogP contribution in [0.3, 0.4) is 0 Å². The maximum atomic E-state index is 12.9. The number of non-ortho nitro benzene ring substituents is 1. The molecule has 8 nitrogen and oxygen atoms in total. The van der Waals surface area contributed by atoms with E-state index < -0.39 is 54.2 Å². The summed E-state index contributed by atoms with van der Waals surface area (Å²) in [6.45, 7) is 0. The van der Waals surface area contributed by atoms with Gasteiger partial charge in [-0.05, 0) is 18.2 Å². The summed E-state index contributed by atoms with van der Waals surface area (Å²) < 4.78 is 62.0. The second-order valence-electron chi connectivity index (χ2n) is 5.37. The quantitative estimate of drug-likeness (QED) is 0.585. The van der Waals surface area contributed by atoms with Crippen molar-refractivity contribution in [2.24, 2.45) is 0 Å². The summed E-state index contributed by atoms with van der Waals surface area (Å²) in [5.74, 6) is -1.06. The van der Waals surface area contributed by atoms with Crippen molar-refractivity contribution in [1.29, 1.82) is 0 Å². The zero-order valence-electron chi connectivity index (χ0n) is 13.6. The lowest BCUT2D eigenvalue weighted by atomic mass is 10.1. The van der Waals surface area contributed by atoms with Gasteiger partial charge in [-0.2, -0.15) is 13.2 Å². The van der Waals surface area contributed by atoms with Gasteiger partial charge in [-0.25, -0.2) is 8.42 Å². The van der Waals surface area contributed by atoms with Crippen LogP contribution in [0, 0.1) is 10.1 Å². The molecule has 2 aromatic carbocycles. The van der Waals surface area contributed by atoms with E-state index in [2.05, 4.69) is 5.43 Å². The van der Waals surface area contributed by atoms with Gasteiger partial charge < -0.3 is 0 Å². The highest BCUT2D eigenvalue weighted by atomic mass is 32.2. The average Bonchev–Trinajstić information content (AvgIpc) is 2.57. The number of hydrazine groups is 1. The van der Waals surface area contributed by atoms with Crippen LogP contribution in [0.1, 0.15) is 15.9 Å². The summed E-state index contributed by atoms with van der Waals surface area (Å²) in [5.41, 5.74) is 1.49. The van der Waals surface area contributed by atoms with Crippen molar-refractivity contribution in [3.63, 3.8) is 0 Å². The third kappa shape index (κ3) is 4.94. The molecule has 0 bridgehead atoms. The Bertz CT molecular complexity index is 1010. The van der Waals surface area contributed by atoms with E-state index in [1.165, 1.54) is 6.07 Å². The molecule has 0 atom stereocenters. The first-order valence-electron chi connectivity index (χ1n) is 7.11. The lowest BCUT2D eigenvalue weighted by Crippen LogP contribution is -2.30. The van der Waals surface area contributed by atoms with E-state index in [1.54, 1.807) is 0 Å². The Hall–Kier alpha value is -3.15. The van der Waals surface area contributed by atoms with E-state index in [1.807, 2.05) is 5.43 Å². The zero-order valence-corrected chi connectivity index (χ0v) is 14.4. The zero-order chi connectivity index (χ0) is 20.4. The molecular formula is C15H12F3N3O5S. The van der Waals surface area contributed by atoms with Crippen molar-refractivity contribution in [3.8, 4) is 0 Å². The number of nitrogens with one attached hydrogen (secondary N) is 2. The van der Waals surface area contributed by atoms with E-state index in [0.29, 0.717) is 0 Å². The minimum Gasteiger partial charge on any atom is -0.298 e. The number of sulfone groups is 1. The second-order valence-corrected chi connectivity index (χ2v) is 7.38. The first kappa shape index (κ1) is 20.2. The molecule has 0 saturated carbocycles. The van der Waals surface area contributed by atoms with Gasteiger partial charge in [-0.15, -0.1) is 0 Å². The van der Waals surface area contributed by atoms with E-state index >= 15 is 0 Å². The summed E-state index contributed by atoms with van der Waals surface area (Å²) in [5, 5.41) is 10.9. The van der Waals surface area contributed by atoms with Crippen LogP contribution < -0.4 is 10.9 Å². The predicted octanol–water partition coefficient (Wildman–Crippen LogP) is 2.77. The molecule has 27 heavy (non-hydrogen) atoms. The number of carbonyl (C=O) groups excluding carboxylic acids is 1. The number of nitro groups is 1. The lowest BCUT2D eigenvalue weighted by molar-refractivity contribution is -0.385. The molecule has 0 heterocycles. The minimum absolute atomic E-state index is 0.415. The van der Waals surface area contributed by atoms with Gasteiger partial charge in [0.15, 0.2) is 9.84 Å². The normalized spacial score (nSPS) is 11.7. The molecule has 1 amide bonds. The number of rotatable bonds is 5. The van der Waals surface area contributed by atoms with Gasteiger partial charge in [-0.3, -0.25) is 25.8 Å². The number of anilines is 1. The van der Waals surface area contributed by atoms with Gasteiger partial charge in [0.05, 0.1) is 21.1 Å². The molecule has 0 fully saturated rings. The van der Waals surface area contributed by atoms with Crippen LogP contribution in [0.15, 0.2) is 47.4 Å². The number of amides is 1. The lowest BCUT2D eigenvalue weighted by Gasteiger charge is -2.15. The van der Waals surface area contributed by atoms with Crippen LogP contribution in [0.2, 0.25) is 0 Å². The molecule has 0 radical (unpaired) electrons. The van der Waals surface area contributed by atoms with E-state index in [4.69, 9.17) is 0 Å². The van der Waals surface area contributed by atoms with E-state index in [0.717, 1.165) is 42.7 Å². The van der Waals surface area contributed by atoms with Crippen LogP contribution in [0.4, 0.5) is 24.5 Å². The van der Waals surface area contributed by atoms with Crippen LogP contribution >= 0.6 is 0 Å². The van der Waals surface area contributed by atoms with E-state index in [-0.39, 0.29) is 0 Å². The van der Waals surface area contributed by atoms with Gasteiger partial charge in [-0.1, -0.05) is 12.1 Å². The van der Waals surface area contributed by atoms with Gasteiger partial charge >= 0.3 is 6.18 Å². The Balaban J connectivity index is 2.32. The number of nitrogens with zero attached hydrogens (tertiary/aromatic N) is 1. The fraction of sp³-hybridized carbons (Fsp3) is 0.133. The number of hydrogen-bond acceptors (Lipinski definition) is 6. The summed E-state index contributed by atoms with van der Waals surface area (Å²) >= 11 is 0. The summed E-state index contributed by atoms with van der Waals surface area (Å²) in [6, 6.07) is 6.80. The monoisotopic (exact) mass is 403 g/mol. The Labute approximate surface area is 151 Å². The number of benzene rings is 2. The van der Waals surface area contributed by atoms with Crippen LogP contribution in [0.5, 0.6) is 0 Å². The van der Waals surface area contributed by atoms with Crippen LogP contribution in [-0.2, 0) is 16.0 Å². The Morgan fingerprint density at radius 2 is 1.78 bits per heavy atom. The molecule has 0 unspecified atom stereocenters. The largest absolute Gasteiger partial charge is 0.418 e. The van der Waals surface area contributed by atoms with Crippen molar-refractivity contribution in [2.45, 2.75) is 11.1 Å². The highest BCUT2D eigenvalue weighted by molar-refractivity contribution is 7.90. The SMILES string of the molecule is CS(=O)(=O)c1cc(C(=O)NNc2ccccc2C(F)(F)F)cc([N+](=O)[O-])c1. The molecule has 144 valence electrons. The van der Waals surface area contributed by atoms with Gasteiger partial charge in [0, 0.05) is 24.0 Å². The van der Waals surface area contributed by atoms with Gasteiger partial charge in [0.25, 0.3) is 11.6 Å². The van der Waals surface area contributed by atoms with Crippen molar-refractivity contribution >= 4 is 27.1 Å². The standard InChI is InChI=1S/C15H12F3N3O5S/c1-27(25,26)11-7-9(6-10(8-11)21(23)24)14(22)20-19-13-5-3-2-4-12(13)15(16,17)18/h2-8,19H,1H3,(H,20,22). The summed E-state index contributed by atoms with van der Waals surface area (Å²) in [6.07, 6.45) is -3.88. The maximum Gasteiger partial charge on any atom is 0.418 e. The maximum absolute atomic E-state index is 12.9. The number of alkyl halides is 3. The summed E-state index contributed by atoms with van der Waals surface area (Å²) in [4.78, 5) is 21.7. The van der Waals surface area contributed by atoms with Crippen molar-refractivity contribution in [1.82, 2.24) is 5.43 Å². The molecule has 0 aliphatic carbocycles. The number of para-hydroxylation sites is 1. The van der Waals surface area contributed by atoms with Crippen molar-refractivity contribution in [2.75, 3.05) is 11.7 Å². The molecule has 0 aliphatic rings. The van der Waals surface area contributed by atoms with Crippen molar-refractivity contribution < 1.29 is 31.3 Å². The van der Waals surface area contributed by atoms with Crippen LogP contribution in [0.25, 0.3) is 0 Å². The molecule has 2 aromatic rings. The number of halogens is 3. The highest BCUT2D eigenvalue weighted by Gasteiger charge is 2.33. The number of nitro benzene ring substituents is 1. The smallest absolute Gasteiger partial charge is 0.298 e. The van der Waals surface area contributed by atoms with Gasteiger partial charge in [0.2, 0.25) is 0 Å². The molecule has 2 N–H and O–H groups in total. The third-order valence-corrected chi connectivity index (χ3v) is 4.43. The molecule has 0 saturated heterocycles. The highest BCUT2D eigenvalue weighted by Crippen LogP contribution is 2.34. The van der Waals surface area contributed by atoms with Crippen molar-refractivity contribution in [3.05, 3.63) is 63.7 Å². The Morgan fingerprint density at radius 1 is 1.15 bits per heavy atom. The second kappa shape index (κ2) is 7.23. The van der Waals surface area contributed by atoms with Crippen LogP contribution in [-0.4, -0.2) is 25.5 Å². The molecule has 0 aliphatic heterocycles. The topological polar surface area (TPSA) is 118 Å². The first-order chi connectivity index (χ1) is 12.4. The number of hydrogen-bond donors (Lipinski definition) is 2.